The first-order valence-electron chi connectivity index (χ1n) is 4.86. The van der Waals surface area contributed by atoms with Crippen molar-refractivity contribution in [1.29, 1.82) is 0 Å². The Balaban J connectivity index is 1.80. The Bertz CT molecular complexity index is 112. The average molecular weight is 171 g/mol. The van der Waals surface area contributed by atoms with E-state index in [1.165, 1.54) is 12.8 Å². The molecule has 2 fully saturated rings. The van der Waals surface area contributed by atoms with E-state index < -0.39 is 0 Å². The largest absolute Gasteiger partial charge is 0.380 e. The highest BCUT2D eigenvalue weighted by atomic mass is 16.5. The number of morpholine rings is 1. The van der Waals surface area contributed by atoms with E-state index in [4.69, 9.17) is 9.47 Å². The van der Waals surface area contributed by atoms with E-state index in [1.54, 1.807) is 0 Å². The standard InChI is InChI=1S/C9H17NO2/c1-2-9(8-12-5-1)10-3-6-11-7-4-10/h9H,1-8H2. The van der Waals surface area contributed by atoms with Gasteiger partial charge in [0.15, 0.2) is 0 Å². The molecule has 0 aromatic heterocycles. The molecule has 0 spiro atoms. The normalized spacial score (nSPS) is 33.5. The quantitative estimate of drug-likeness (QED) is 0.573. The Labute approximate surface area is 73.6 Å². The Hall–Kier alpha value is -0.120. The SMILES string of the molecule is C1COCC(N2CCOCC2)C1. The van der Waals surface area contributed by atoms with Gasteiger partial charge >= 0.3 is 0 Å². The summed E-state index contributed by atoms with van der Waals surface area (Å²) in [5.41, 5.74) is 0. The first-order valence-corrected chi connectivity index (χ1v) is 4.86. The van der Waals surface area contributed by atoms with Gasteiger partial charge in [0.05, 0.1) is 19.8 Å². The van der Waals surface area contributed by atoms with Crippen molar-refractivity contribution in [3.05, 3.63) is 0 Å². The Kier molecular flexibility index (Phi) is 2.98. The number of nitrogens with zero attached hydrogens (tertiary/aromatic N) is 1. The molecule has 70 valence electrons. The molecule has 0 aliphatic carbocycles. The molecule has 12 heavy (non-hydrogen) atoms. The summed E-state index contributed by atoms with van der Waals surface area (Å²) in [4.78, 5) is 2.50. The van der Waals surface area contributed by atoms with Gasteiger partial charge in [-0.1, -0.05) is 0 Å². The molecule has 0 amide bonds. The molecule has 3 heteroatoms. The third-order valence-electron chi connectivity index (χ3n) is 2.70. The molecule has 2 rings (SSSR count). The van der Waals surface area contributed by atoms with Gasteiger partial charge in [-0.3, -0.25) is 4.90 Å². The summed E-state index contributed by atoms with van der Waals surface area (Å²) >= 11 is 0. The van der Waals surface area contributed by atoms with Crippen LogP contribution in [0.1, 0.15) is 12.8 Å². The minimum atomic E-state index is 0.669. The van der Waals surface area contributed by atoms with Crippen LogP contribution in [-0.4, -0.2) is 50.5 Å². The van der Waals surface area contributed by atoms with Crippen LogP contribution in [-0.2, 0) is 9.47 Å². The monoisotopic (exact) mass is 171 g/mol. The van der Waals surface area contributed by atoms with Crippen molar-refractivity contribution in [1.82, 2.24) is 4.90 Å². The zero-order valence-corrected chi connectivity index (χ0v) is 7.50. The molecule has 0 bridgehead atoms. The Morgan fingerprint density at radius 1 is 1.00 bits per heavy atom. The van der Waals surface area contributed by atoms with Gasteiger partial charge in [-0.2, -0.15) is 0 Å². The van der Waals surface area contributed by atoms with Gasteiger partial charge < -0.3 is 9.47 Å². The van der Waals surface area contributed by atoms with Gasteiger partial charge in [0.1, 0.15) is 0 Å². The zero-order chi connectivity index (χ0) is 8.23. The number of rotatable bonds is 1. The van der Waals surface area contributed by atoms with E-state index in [0.29, 0.717) is 6.04 Å². The first-order chi connectivity index (χ1) is 5.97. The topological polar surface area (TPSA) is 21.7 Å². The fourth-order valence-corrected chi connectivity index (χ4v) is 1.95. The van der Waals surface area contributed by atoms with Crippen molar-refractivity contribution in [2.45, 2.75) is 18.9 Å². The van der Waals surface area contributed by atoms with Gasteiger partial charge in [0.2, 0.25) is 0 Å². The molecule has 3 nitrogen and oxygen atoms in total. The maximum Gasteiger partial charge on any atom is 0.0621 e. The van der Waals surface area contributed by atoms with Crippen LogP contribution >= 0.6 is 0 Å². The van der Waals surface area contributed by atoms with Crippen molar-refractivity contribution in [3.8, 4) is 0 Å². The molecule has 0 saturated carbocycles. The van der Waals surface area contributed by atoms with Crippen LogP contribution in [0.15, 0.2) is 0 Å². The second-order valence-corrected chi connectivity index (χ2v) is 3.52. The van der Waals surface area contributed by atoms with Crippen molar-refractivity contribution >= 4 is 0 Å². The van der Waals surface area contributed by atoms with E-state index in [0.717, 1.165) is 39.5 Å². The summed E-state index contributed by atoms with van der Waals surface area (Å²) < 4.78 is 10.8. The second kappa shape index (κ2) is 4.21. The van der Waals surface area contributed by atoms with Crippen molar-refractivity contribution in [2.75, 3.05) is 39.5 Å². The summed E-state index contributed by atoms with van der Waals surface area (Å²) in [6.45, 7) is 5.87. The van der Waals surface area contributed by atoms with Crippen LogP contribution in [0.5, 0.6) is 0 Å². The molecule has 2 heterocycles. The van der Waals surface area contributed by atoms with E-state index in [-0.39, 0.29) is 0 Å². The first kappa shape index (κ1) is 8.48. The van der Waals surface area contributed by atoms with Gasteiger partial charge in [0.25, 0.3) is 0 Å². The lowest BCUT2D eigenvalue weighted by atomic mass is 10.1. The van der Waals surface area contributed by atoms with Gasteiger partial charge in [-0.15, -0.1) is 0 Å². The van der Waals surface area contributed by atoms with E-state index >= 15 is 0 Å². The van der Waals surface area contributed by atoms with Gasteiger partial charge in [-0.05, 0) is 12.8 Å². The predicted molar refractivity (Wildman–Crippen MR) is 46.2 cm³/mol. The highest BCUT2D eigenvalue weighted by Gasteiger charge is 2.22. The Morgan fingerprint density at radius 3 is 2.50 bits per heavy atom. The smallest absolute Gasteiger partial charge is 0.0621 e. The molecule has 2 aliphatic rings. The molecule has 0 aromatic rings. The lowest BCUT2D eigenvalue weighted by molar-refractivity contribution is -0.0315. The molecule has 0 aromatic carbocycles. The molecule has 0 N–H and O–H groups in total. The molecular weight excluding hydrogens is 154 g/mol. The molecule has 1 unspecified atom stereocenters. The van der Waals surface area contributed by atoms with Gasteiger partial charge in [0, 0.05) is 25.7 Å². The van der Waals surface area contributed by atoms with Crippen LogP contribution in [0.4, 0.5) is 0 Å². The third kappa shape index (κ3) is 1.97. The maximum atomic E-state index is 5.45. The third-order valence-corrected chi connectivity index (χ3v) is 2.70. The lowest BCUT2D eigenvalue weighted by Gasteiger charge is -2.36. The second-order valence-electron chi connectivity index (χ2n) is 3.52. The van der Waals surface area contributed by atoms with E-state index in [1.807, 2.05) is 0 Å². The summed E-state index contributed by atoms with van der Waals surface area (Å²) in [6.07, 6.45) is 2.53. The molecular formula is C9H17NO2. The molecule has 2 aliphatic heterocycles. The lowest BCUT2D eigenvalue weighted by Crippen LogP contribution is -2.47. The van der Waals surface area contributed by atoms with Crippen molar-refractivity contribution < 1.29 is 9.47 Å². The average Bonchev–Trinajstić information content (AvgIpc) is 2.21. The van der Waals surface area contributed by atoms with Gasteiger partial charge in [-0.25, -0.2) is 0 Å². The van der Waals surface area contributed by atoms with Crippen LogP contribution in [0.25, 0.3) is 0 Å². The minimum Gasteiger partial charge on any atom is -0.380 e. The molecule has 2 saturated heterocycles. The minimum absolute atomic E-state index is 0.669. The molecule has 1 atom stereocenters. The Morgan fingerprint density at radius 2 is 1.83 bits per heavy atom. The van der Waals surface area contributed by atoms with E-state index in [9.17, 15) is 0 Å². The molecule has 0 radical (unpaired) electrons. The van der Waals surface area contributed by atoms with Crippen LogP contribution < -0.4 is 0 Å². The van der Waals surface area contributed by atoms with Crippen LogP contribution in [0.3, 0.4) is 0 Å². The van der Waals surface area contributed by atoms with Crippen LogP contribution in [0, 0.1) is 0 Å². The summed E-state index contributed by atoms with van der Waals surface area (Å²) in [7, 11) is 0. The predicted octanol–water partition coefficient (Wildman–Crippen LogP) is 0.498. The zero-order valence-electron chi connectivity index (χ0n) is 7.50. The summed E-state index contributed by atoms with van der Waals surface area (Å²) in [5.74, 6) is 0. The van der Waals surface area contributed by atoms with Crippen LogP contribution in [0.2, 0.25) is 0 Å². The fraction of sp³-hybridized carbons (Fsp3) is 1.00. The highest BCUT2D eigenvalue weighted by Crippen LogP contribution is 2.14. The highest BCUT2D eigenvalue weighted by molar-refractivity contribution is 4.75. The van der Waals surface area contributed by atoms with E-state index in [2.05, 4.69) is 4.90 Å². The van der Waals surface area contributed by atoms with Crippen molar-refractivity contribution in [3.63, 3.8) is 0 Å². The number of hydrogen-bond acceptors (Lipinski definition) is 3. The number of ether oxygens (including phenoxy) is 2. The fourth-order valence-electron chi connectivity index (χ4n) is 1.95. The van der Waals surface area contributed by atoms with Crippen molar-refractivity contribution in [2.24, 2.45) is 0 Å². The summed E-state index contributed by atoms with van der Waals surface area (Å²) in [5, 5.41) is 0. The maximum absolute atomic E-state index is 5.45. The number of hydrogen-bond donors (Lipinski definition) is 0. The summed E-state index contributed by atoms with van der Waals surface area (Å²) in [6, 6.07) is 0.669.